The van der Waals surface area contributed by atoms with Gasteiger partial charge in [0.15, 0.2) is 5.78 Å². The van der Waals surface area contributed by atoms with E-state index in [1.807, 2.05) is 35.9 Å². The Balaban J connectivity index is 2.13. The predicted octanol–water partition coefficient (Wildman–Crippen LogP) is 2.20. The molecule has 1 unspecified atom stereocenters. The van der Waals surface area contributed by atoms with Crippen LogP contribution in [-0.2, 0) is 18.3 Å². The standard InChI is InChI=1S/C15H21N3O/c1-3-4-7-11(16)14(19)10-15-17-12-8-5-6-9-13(12)18(15)2/h5-6,8-9,11H,3-4,7,10,16H2,1-2H3. The number of carbonyl (C=O) groups is 1. The highest BCUT2D eigenvalue weighted by Crippen LogP contribution is 2.15. The van der Waals surface area contributed by atoms with E-state index in [9.17, 15) is 4.79 Å². The highest BCUT2D eigenvalue weighted by Gasteiger charge is 2.17. The average Bonchev–Trinajstić information content (AvgIpc) is 2.73. The van der Waals surface area contributed by atoms with Crippen molar-refractivity contribution in [2.24, 2.45) is 12.8 Å². The number of rotatable bonds is 6. The molecule has 2 aromatic rings. The lowest BCUT2D eigenvalue weighted by atomic mass is 10.0. The van der Waals surface area contributed by atoms with Crippen molar-refractivity contribution in [2.45, 2.75) is 38.6 Å². The fraction of sp³-hybridized carbons (Fsp3) is 0.467. The summed E-state index contributed by atoms with van der Waals surface area (Å²) in [4.78, 5) is 16.6. The van der Waals surface area contributed by atoms with Crippen molar-refractivity contribution >= 4 is 16.8 Å². The van der Waals surface area contributed by atoms with Gasteiger partial charge < -0.3 is 10.3 Å². The van der Waals surface area contributed by atoms with Crippen molar-refractivity contribution in [3.8, 4) is 0 Å². The monoisotopic (exact) mass is 259 g/mol. The zero-order valence-corrected chi connectivity index (χ0v) is 11.6. The number of benzene rings is 1. The van der Waals surface area contributed by atoms with Crippen LogP contribution in [0.25, 0.3) is 11.0 Å². The van der Waals surface area contributed by atoms with Crippen molar-refractivity contribution in [2.75, 3.05) is 0 Å². The number of imidazole rings is 1. The largest absolute Gasteiger partial charge is 0.331 e. The molecule has 0 bridgehead atoms. The Labute approximate surface area is 113 Å². The summed E-state index contributed by atoms with van der Waals surface area (Å²) in [5.74, 6) is 0.866. The van der Waals surface area contributed by atoms with Crippen molar-refractivity contribution in [1.29, 1.82) is 0 Å². The van der Waals surface area contributed by atoms with Gasteiger partial charge in [-0.15, -0.1) is 0 Å². The molecule has 0 aliphatic carbocycles. The Morgan fingerprint density at radius 1 is 1.42 bits per heavy atom. The molecule has 1 atom stereocenters. The van der Waals surface area contributed by atoms with Crippen molar-refractivity contribution < 1.29 is 4.79 Å². The van der Waals surface area contributed by atoms with Crippen LogP contribution in [0.1, 0.15) is 32.0 Å². The Hall–Kier alpha value is -1.68. The molecule has 0 amide bonds. The first-order chi connectivity index (χ1) is 9.13. The summed E-state index contributed by atoms with van der Waals surface area (Å²) in [6, 6.07) is 7.53. The lowest BCUT2D eigenvalue weighted by Crippen LogP contribution is -2.32. The number of para-hydroxylation sites is 2. The molecule has 0 saturated carbocycles. The molecule has 2 N–H and O–H groups in total. The van der Waals surface area contributed by atoms with E-state index in [0.717, 1.165) is 36.1 Å². The van der Waals surface area contributed by atoms with Gasteiger partial charge in [0.25, 0.3) is 0 Å². The van der Waals surface area contributed by atoms with Crippen molar-refractivity contribution in [1.82, 2.24) is 9.55 Å². The first-order valence-electron chi connectivity index (χ1n) is 6.82. The summed E-state index contributed by atoms with van der Waals surface area (Å²) in [7, 11) is 1.94. The summed E-state index contributed by atoms with van der Waals surface area (Å²) in [5, 5.41) is 0. The quantitative estimate of drug-likeness (QED) is 0.865. The van der Waals surface area contributed by atoms with Crippen LogP contribution in [-0.4, -0.2) is 21.4 Å². The molecule has 4 nitrogen and oxygen atoms in total. The number of hydrogen-bond donors (Lipinski definition) is 1. The average molecular weight is 259 g/mol. The molecule has 0 spiro atoms. The van der Waals surface area contributed by atoms with E-state index in [0.29, 0.717) is 6.42 Å². The maximum atomic E-state index is 12.1. The number of aryl methyl sites for hydroxylation is 1. The number of nitrogens with zero attached hydrogens (tertiary/aromatic N) is 2. The molecule has 0 aliphatic rings. The zero-order valence-electron chi connectivity index (χ0n) is 11.6. The van der Waals surface area contributed by atoms with E-state index >= 15 is 0 Å². The van der Waals surface area contributed by atoms with Gasteiger partial charge in [-0.05, 0) is 18.6 Å². The van der Waals surface area contributed by atoms with Gasteiger partial charge in [0, 0.05) is 7.05 Å². The Morgan fingerprint density at radius 3 is 2.84 bits per heavy atom. The third-order valence-electron chi connectivity index (χ3n) is 3.49. The molecule has 0 fully saturated rings. The lowest BCUT2D eigenvalue weighted by molar-refractivity contribution is -0.119. The Bertz CT molecular complexity index is 574. The minimum atomic E-state index is -0.361. The number of aromatic nitrogens is 2. The predicted molar refractivity (Wildman–Crippen MR) is 76.9 cm³/mol. The molecule has 1 aromatic carbocycles. The second-order valence-electron chi connectivity index (χ2n) is 4.97. The van der Waals surface area contributed by atoms with Crippen LogP contribution in [0.4, 0.5) is 0 Å². The fourth-order valence-electron chi connectivity index (χ4n) is 2.23. The van der Waals surface area contributed by atoms with Crippen LogP contribution < -0.4 is 5.73 Å². The van der Waals surface area contributed by atoms with Crippen LogP contribution in [0, 0.1) is 0 Å². The van der Waals surface area contributed by atoms with Gasteiger partial charge in [0.05, 0.1) is 23.5 Å². The van der Waals surface area contributed by atoms with E-state index in [-0.39, 0.29) is 11.8 Å². The van der Waals surface area contributed by atoms with Crippen molar-refractivity contribution in [3.63, 3.8) is 0 Å². The summed E-state index contributed by atoms with van der Waals surface area (Å²) < 4.78 is 1.97. The van der Waals surface area contributed by atoms with Crippen LogP contribution in [0.3, 0.4) is 0 Å². The Kier molecular flexibility index (Phi) is 4.32. The van der Waals surface area contributed by atoms with Gasteiger partial charge in [-0.1, -0.05) is 31.9 Å². The number of hydrogen-bond acceptors (Lipinski definition) is 3. The molecule has 4 heteroatoms. The Morgan fingerprint density at radius 2 is 2.16 bits per heavy atom. The number of Topliss-reactive ketones (excluding diaryl/α,β-unsaturated/α-hetero) is 1. The number of ketones is 1. The maximum Gasteiger partial charge on any atom is 0.157 e. The van der Waals surface area contributed by atoms with Gasteiger partial charge in [0.1, 0.15) is 5.82 Å². The molecule has 1 heterocycles. The van der Waals surface area contributed by atoms with Gasteiger partial charge in [-0.2, -0.15) is 0 Å². The molecule has 102 valence electrons. The van der Waals surface area contributed by atoms with Crippen molar-refractivity contribution in [3.05, 3.63) is 30.1 Å². The molecule has 0 radical (unpaired) electrons. The molecular formula is C15H21N3O. The summed E-state index contributed by atoms with van der Waals surface area (Å²) in [6.07, 6.45) is 3.14. The zero-order chi connectivity index (χ0) is 13.8. The normalized spacial score (nSPS) is 12.8. The van der Waals surface area contributed by atoms with Crippen LogP contribution in [0.5, 0.6) is 0 Å². The van der Waals surface area contributed by atoms with E-state index in [2.05, 4.69) is 11.9 Å². The number of unbranched alkanes of at least 4 members (excludes halogenated alkanes) is 1. The van der Waals surface area contributed by atoms with Crippen LogP contribution in [0.2, 0.25) is 0 Å². The molecule has 2 rings (SSSR count). The van der Waals surface area contributed by atoms with E-state index in [1.165, 1.54) is 0 Å². The minimum absolute atomic E-state index is 0.0758. The van der Waals surface area contributed by atoms with E-state index < -0.39 is 0 Å². The van der Waals surface area contributed by atoms with E-state index in [4.69, 9.17) is 5.73 Å². The third kappa shape index (κ3) is 3.01. The maximum absolute atomic E-state index is 12.1. The SMILES string of the molecule is CCCCC(N)C(=O)Cc1nc2ccccc2n1C. The highest BCUT2D eigenvalue weighted by molar-refractivity contribution is 5.86. The number of carbonyl (C=O) groups excluding carboxylic acids is 1. The fourth-order valence-corrected chi connectivity index (χ4v) is 2.23. The molecule has 0 aliphatic heterocycles. The van der Waals surface area contributed by atoms with Crippen LogP contribution >= 0.6 is 0 Å². The second kappa shape index (κ2) is 5.97. The number of fused-ring (bicyclic) bond motifs is 1. The summed E-state index contributed by atoms with van der Waals surface area (Å²) >= 11 is 0. The van der Waals surface area contributed by atoms with Gasteiger partial charge in [-0.25, -0.2) is 4.98 Å². The first kappa shape index (κ1) is 13.7. The van der Waals surface area contributed by atoms with Crippen LogP contribution in [0.15, 0.2) is 24.3 Å². The second-order valence-corrected chi connectivity index (χ2v) is 4.97. The van der Waals surface area contributed by atoms with Gasteiger partial charge in [-0.3, -0.25) is 4.79 Å². The molecule has 0 saturated heterocycles. The summed E-state index contributed by atoms with van der Waals surface area (Å²) in [6.45, 7) is 2.10. The highest BCUT2D eigenvalue weighted by atomic mass is 16.1. The first-order valence-corrected chi connectivity index (χ1v) is 6.82. The lowest BCUT2D eigenvalue weighted by Gasteiger charge is -2.09. The van der Waals surface area contributed by atoms with Gasteiger partial charge in [0.2, 0.25) is 0 Å². The molecule has 19 heavy (non-hydrogen) atoms. The topological polar surface area (TPSA) is 60.9 Å². The minimum Gasteiger partial charge on any atom is -0.331 e. The smallest absolute Gasteiger partial charge is 0.157 e. The number of nitrogens with two attached hydrogens (primary N) is 1. The van der Waals surface area contributed by atoms with E-state index in [1.54, 1.807) is 0 Å². The molecular weight excluding hydrogens is 238 g/mol. The molecule has 1 aromatic heterocycles. The third-order valence-corrected chi connectivity index (χ3v) is 3.49. The summed E-state index contributed by atoms with van der Waals surface area (Å²) in [5.41, 5.74) is 7.88. The van der Waals surface area contributed by atoms with Gasteiger partial charge >= 0.3 is 0 Å².